The predicted octanol–water partition coefficient (Wildman–Crippen LogP) is 3.18. The van der Waals surface area contributed by atoms with Crippen molar-refractivity contribution in [3.63, 3.8) is 0 Å². The summed E-state index contributed by atoms with van der Waals surface area (Å²) in [6.45, 7) is 3.40. The van der Waals surface area contributed by atoms with E-state index in [1.807, 2.05) is 24.3 Å². The molecule has 1 aromatic carbocycles. The average molecular weight is 435 g/mol. The zero-order valence-electron chi connectivity index (χ0n) is 16.0. The summed E-state index contributed by atoms with van der Waals surface area (Å²) in [6, 6.07) is 12.5. The van der Waals surface area contributed by atoms with Gasteiger partial charge in [-0.25, -0.2) is 4.98 Å². The summed E-state index contributed by atoms with van der Waals surface area (Å²) >= 11 is 6.38. The molecule has 2 amide bonds. The van der Waals surface area contributed by atoms with Crippen LogP contribution >= 0.6 is 24.0 Å². The van der Waals surface area contributed by atoms with Crippen LogP contribution in [0, 0.1) is 0 Å². The van der Waals surface area contributed by atoms with Gasteiger partial charge < -0.3 is 15.1 Å². The van der Waals surface area contributed by atoms with Gasteiger partial charge in [-0.15, -0.1) is 12.4 Å². The molecule has 0 radical (unpaired) electrons. The van der Waals surface area contributed by atoms with E-state index in [0.29, 0.717) is 36.0 Å². The Hall–Kier alpha value is -2.15. The highest BCUT2D eigenvalue weighted by Gasteiger charge is 2.31. The standard InChI is InChI=1S/C21H23ClN4O2.ClH/c22-16-7-2-1-6-15(16)19-14-23-10-13-26(19)21(28)18-9-5-8-17(24-18)20(27)25-11-3-4-12-25;/h1-2,5-9,19,23H,3-4,10-14H2;1H. The van der Waals surface area contributed by atoms with Gasteiger partial charge in [0.1, 0.15) is 11.4 Å². The molecule has 2 fully saturated rings. The molecule has 0 saturated carbocycles. The monoisotopic (exact) mass is 434 g/mol. The van der Waals surface area contributed by atoms with Crippen LogP contribution in [0.2, 0.25) is 5.02 Å². The number of aromatic nitrogens is 1. The third-order valence-corrected chi connectivity index (χ3v) is 5.69. The molecule has 6 nitrogen and oxygen atoms in total. The minimum absolute atomic E-state index is 0. The zero-order valence-corrected chi connectivity index (χ0v) is 17.6. The number of benzene rings is 1. The highest BCUT2D eigenvalue weighted by atomic mass is 35.5. The van der Waals surface area contributed by atoms with E-state index in [1.54, 1.807) is 28.0 Å². The van der Waals surface area contributed by atoms with Gasteiger partial charge in [-0.05, 0) is 36.6 Å². The summed E-state index contributed by atoms with van der Waals surface area (Å²) in [5, 5.41) is 3.97. The fourth-order valence-corrected chi connectivity index (χ4v) is 4.13. The number of likely N-dealkylation sites (tertiary alicyclic amines) is 1. The fraction of sp³-hybridized carbons (Fsp3) is 0.381. The number of nitrogens with one attached hydrogen (secondary N) is 1. The highest BCUT2D eigenvalue weighted by molar-refractivity contribution is 6.31. The van der Waals surface area contributed by atoms with Gasteiger partial charge in [-0.1, -0.05) is 35.9 Å². The van der Waals surface area contributed by atoms with E-state index in [4.69, 9.17) is 11.6 Å². The first-order valence-electron chi connectivity index (χ1n) is 9.67. The van der Waals surface area contributed by atoms with Crippen molar-refractivity contribution in [3.8, 4) is 0 Å². The number of hydrogen-bond acceptors (Lipinski definition) is 4. The summed E-state index contributed by atoms with van der Waals surface area (Å²) < 4.78 is 0. The van der Waals surface area contributed by atoms with Crippen molar-refractivity contribution in [2.75, 3.05) is 32.7 Å². The maximum absolute atomic E-state index is 13.3. The molecule has 1 aromatic heterocycles. The SMILES string of the molecule is Cl.O=C(c1cccc(C(=O)N2CCNCC2c2ccccc2Cl)n1)N1CCCC1. The first kappa shape index (κ1) is 21.6. The number of carbonyl (C=O) groups excluding carboxylic acids is 2. The largest absolute Gasteiger partial charge is 0.337 e. The van der Waals surface area contributed by atoms with Gasteiger partial charge in [0.25, 0.3) is 11.8 Å². The lowest BCUT2D eigenvalue weighted by Crippen LogP contribution is -2.49. The maximum atomic E-state index is 13.3. The number of carbonyl (C=O) groups is 2. The van der Waals surface area contributed by atoms with Crippen LogP contribution in [0.5, 0.6) is 0 Å². The summed E-state index contributed by atoms with van der Waals surface area (Å²) in [5.41, 5.74) is 1.54. The van der Waals surface area contributed by atoms with Crippen molar-refractivity contribution >= 4 is 35.8 Å². The lowest BCUT2D eigenvalue weighted by atomic mass is 10.0. The number of piperazine rings is 1. The van der Waals surface area contributed by atoms with E-state index < -0.39 is 0 Å². The van der Waals surface area contributed by atoms with Crippen molar-refractivity contribution in [1.82, 2.24) is 20.1 Å². The Morgan fingerprint density at radius 1 is 0.966 bits per heavy atom. The second-order valence-electron chi connectivity index (χ2n) is 7.15. The van der Waals surface area contributed by atoms with Gasteiger partial charge in [-0.3, -0.25) is 9.59 Å². The molecule has 2 saturated heterocycles. The normalized spacial score (nSPS) is 19.0. The van der Waals surface area contributed by atoms with E-state index in [1.165, 1.54) is 0 Å². The minimum atomic E-state index is -0.178. The molecular weight excluding hydrogens is 411 g/mol. The number of hydrogen-bond donors (Lipinski definition) is 1. The lowest BCUT2D eigenvalue weighted by molar-refractivity contribution is 0.0628. The summed E-state index contributed by atoms with van der Waals surface area (Å²) in [4.78, 5) is 33.9. The van der Waals surface area contributed by atoms with Crippen LogP contribution < -0.4 is 5.32 Å². The molecular formula is C21H24Cl2N4O2. The van der Waals surface area contributed by atoms with Gasteiger partial charge in [-0.2, -0.15) is 0 Å². The minimum Gasteiger partial charge on any atom is -0.337 e. The topological polar surface area (TPSA) is 65.5 Å². The van der Waals surface area contributed by atoms with E-state index in [9.17, 15) is 9.59 Å². The number of halogens is 2. The molecule has 2 aliphatic rings. The van der Waals surface area contributed by atoms with Gasteiger partial charge in [0.15, 0.2) is 0 Å². The Kier molecular flexibility index (Phi) is 7.11. The summed E-state index contributed by atoms with van der Waals surface area (Å²) in [5.74, 6) is -0.280. The Balaban J connectivity index is 0.00000240. The molecule has 1 atom stereocenters. The second-order valence-corrected chi connectivity index (χ2v) is 7.55. The summed E-state index contributed by atoms with van der Waals surface area (Å²) in [7, 11) is 0. The van der Waals surface area contributed by atoms with Crippen molar-refractivity contribution < 1.29 is 9.59 Å². The molecule has 0 spiro atoms. The van der Waals surface area contributed by atoms with E-state index in [-0.39, 0.29) is 30.3 Å². The molecule has 2 aromatic rings. The number of nitrogens with zero attached hydrogens (tertiary/aromatic N) is 3. The fourth-order valence-electron chi connectivity index (χ4n) is 3.87. The summed E-state index contributed by atoms with van der Waals surface area (Å²) in [6.07, 6.45) is 2.04. The Bertz CT molecular complexity index is 886. The van der Waals surface area contributed by atoms with Gasteiger partial charge in [0, 0.05) is 37.7 Å². The third kappa shape index (κ3) is 4.55. The molecule has 8 heteroatoms. The number of rotatable bonds is 3. The predicted molar refractivity (Wildman–Crippen MR) is 115 cm³/mol. The smallest absolute Gasteiger partial charge is 0.273 e. The lowest BCUT2D eigenvalue weighted by Gasteiger charge is -2.36. The molecule has 1 unspecified atom stereocenters. The number of pyridine rings is 1. The first-order valence-corrected chi connectivity index (χ1v) is 10.1. The zero-order chi connectivity index (χ0) is 19.5. The third-order valence-electron chi connectivity index (χ3n) is 5.35. The Morgan fingerprint density at radius 2 is 1.66 bits per heavy atom. The first-order chi connectivity index (χ1) is 13.6. The van der Waals surface area contributed by atoms with Crippen LogP contribution in [0.4, 0.5) is 0 Å². The van der Waals surface area contributed by atoms with Crippen LogP contribution in [0.25, 0.3) is 0 Å². The Morgan fingerprint density at radius 3 is 2.38 bits per heavy atom. The quantitative estimate of drug-likeness (QED) is 0.805. The average Bonchev–Trinajstić information content (AvgIpc) is 3.28. The number of amides is 2. The van der Waals surface area contributed by atoms with Crippen LogP contribution in [-0.4, -0.2) is 59.3 Å². The van der Waals surface area contributed by atoms with Gasteiger partial charge >= 0.3 is 0 Å². The molecule has 0 aliphatic carbocycles. The van der Waals surface area contributed by atoms with Crippen molar-refractivity contribution in [2.45, 2.75) is 18.9 Å². The maximum Gasteiger partial charge on any atom is 0.273 e. The van der Waals surface area contributed by atoms with Crippen LogP contribution in [0.15, 0.2) is 42.5 Å². The van der Waals surface area contributed by atoms with E-state index in [0.717, 1.165) is 31.5 Å². The molecule has 1 N–H and O–H groups in total. The van der Waals surface area contributed by atoms with Crippen molar-refractivity contribution in [2.24, 2.45) is 0 Å². The van der Waals surface area contributed by atoms with Crippen molar-refractivity contribution in [1.29, 1.82) is 0 Å². The van der Waals surface area contributed by atoms with E-state index >= 15 is 0 Å². The van der Waals surface area contributed by atoms with Crippen LogP contribution in [-0.2, 0) is 0 Å². The Labute approximate surface area is 181 Å². The molecule has 4 rings (SSSR count). The highest BCUT2D eigenvalue weighted by Crippen LogP contribution is 2.29. The molecule has 29 heavy (non-hydrogen) atoms. The van der Waals surface area contributed by atoms with Gasteiger partial charge in [0.05, 0.1) is 6.04 Å². The molecule has 0 bridgehead atoms. The second kappa shape index (κ2) is 9.57. The molecule has 2 aliphatic heterocycles. The van der Waals surface area contributed by atoms with Gasteiger partial charge in [0.2, 0.25) is 0 Å². The van der Waals surface area contributed by atoms with Crippen LogP contribution in [0.3, 0.4) is 0 Å². The molecule has 3 heterocycles. The van der Waals surface area contributed by atoms with E-state index in [2.05, 4.69) is 10.3 Å². The van der Waals surface area contributed by atoms with Crippen molar-refractivity contribution in [3.05, 3.63) is 64.4 Å². The molecule has 154 valence electrons. The van der Waals surface area contributed by atoms with Crippen LogP contribution in [0.1, 0.15) is 45.4 Å².